The van der Waals surface area contributed by atoms with Crippen LogP contribution in [0, 0.1) is 11.8 Å². The van der Waals surface area contributed by atoms with E-state index < -0.39 is 0 Å². The highest BCUT2D eigenvalue weighted by Crippen LogP contribution is 2.54. The van der Waals surface area contributed by atoms with E-state index in [1.54, 1.807) is 7.11 Å². The second-order valence-corrected chi connectivity index (χ2v) is 7.40. The van der Waals surface area contributed by atoms with Gasteiger partial charge >= 0.3 is 0 Å². The highest BCUT2D eigenvalue weighted by molar-refractivity contribution is 5.07. The average Bonchev–Trinajstić information content (AvgIpc) is 2.91. The monoisotopic (exact) mass is 308 g/mol. The number of hydrogen-bond donors (Lipinski definition) is 0. The van der Waals surface area contributed by atoms with E-state index in [0.29, 0.717) is 25.0 Å². The molecule has 0 radical (unpaired) electrons. The van der Waals surface area contributed by atoms with Crippen LogP contribution in [0.15, 0.2) is 18.5 Å². The lowest BCUT2D eigenvalue weighted by Gasteiger charge is -2.55. The largest absolute Gasteiger partial charge is 0.382 e. The van der Waals surface area contributed by atoms with Crippen LogP contribution in [0.2, 0.25) is 0 Å². The van der Waals surface area contributed by atoms with Gasteiger partial charge in [0, 0.05) is 25.9 Å². The molecule has 1 aromatic rings. The summed E-state index contributed by atoms with van der Waals surface area (Å²) < 4.78 is 13.8. The maximum absolute atomic E-state index is 6.38. The van der Waals surface area contributed by atoms with Gasteiger partial charge in [-0.25, -0.2) is 0 Å². The van der Waals surface area contributed by atoms with Crippen LogP contribution in [-0.2, 0) is 15.0 Å². The van der Waals surface area contributed by atoms with Gasteiger partial charge in [0.15, 0.2) is 0 Å². The fourth-order valence-corrected chi connectivity index (χ4v) is 5.09. The maximum atomic E-state index is 6.38. The standard InChI is InChI=1S/C17H28N2O2.CH4/c1-14-9-16(19-6-4-5-18-19)10-15(2)12-17(11-14,13-16)21-8-7-20-3;/h4-6,14-15H,7-13H2,1-3H3;1H4. The van der Waals surface area contributed by atoms with Crippen molar-refractivity contribution in [3.63, 3.8) is 0 Å². The molecule has 126 valence electrons. The van der Waals surface area contributed by atoms with Gasteiger partial charge in [-0.1, -0.05) is 21.3 Å². The first-order valence-electron chi connectivity index (χ1n) is 8.21. The number of hydrogen-bond acceptors (Lipinski definition) is 3. The summed E-state index contributed by atoms with van der Waals surface area (Å²) in [5.41, 5.74) is 0.158. The van der Waals surface area contributed by atoms with E-state index >= 15 is 0 Å². The predicted molar refractivity (Wildman–Crippen MR) is 88.9 cm³/mol. The third-order valence-corrected chi connectivity index (χ3v) is 5.24. The molecule has 0 N–H and O–H groups in total. The summed E-state index contributed by atoms with van der Waals surface area (Å²) >= 11 is 0. The third kappa shape index (κ3) is 3.23. The van der Waals surface area contributed by atoms with E-state index in [0.717, 1.165) is 6.42 Å². The van der Waals surface area contributed by atoms with Crippen molar-refractivity contribution >= 4 is 0 Å². The number of ether oxygens (including phenoxy) is 2. The summed E-state index contributed by atoms with van der Waals surface area (Å²) in [6.45, 7) is 6.11. The first kappa shape index (κ1) is 17.5. The highest BCUT2D eigenvalue weighted by Gasteiger charge is 2.54. The Labute approximate surface area is 135 Å². The normalized spacial score (nSPS) is 37.6. The van der Waals surface area contributed by atoms with Crippen molar-refractivity contribution in [3.8, 4) is 0 Å². The molecule has 4 heteroatoms. The SMILES string of the molecule is C.COCCOC12CC(C)CC(n3cccn3)(CC(C)C1)C2. The average molecular weight is 308 g/mol. The van der Waals surface area contributed by atoms with Gasteiger partial charge in [0.25, 0.3) is 0 Å². The lowest BCUT2D eigenvalue weighted by Crippen LogP contribution is -2.56. The molecule has 2 fully saturated rings. The van der Waals surface area contributed by atoms with Gasteiger partial charge in [-0.15, -0.1) is 0 Å². The molecule has 2 unspecified atom stereocenters. The number of fused-ring (bicyclic) bond motifs is 2. The Morgan fingerprint density at radius 3 is 2.36 bits per heavy atom. The number of rotatable bonds is 5. The second-order valence-electron chi connectivity index (χ2n) is 7.40. The Bertz CT molecular complexity index is 444. The van der Waals surface area contributed by atoms with Crippen LogP contribution in [0.25, 0.3) is 0 Å². The van der Waals surface area contributed by atoms with E-state index in [9.17, 15) is 0 Å². The molecule has 22 heavy (non-hydrogen) atoms. The smallest absolute Gasteiger partial charge is 0.0712 e. The molecule has 1 heterocycles. The molecule has 0 aliphatic heterocycles. The molecule has 0 aromatic carbocycles. The highest BCUT2D eigenvalue weighted by atomic mass is 16.5. The lowest BCUT2D eigenvalue weighted by atomic mass is 9.58. The topological polar surface area (TPSA) is 36.3 Å². The molecule has 2 aliphatic rings. The molecule has 2 aliphatic carbocycles. The zero-order valence-corrected chi connectivity index (χ0v) is 13.5. The van der Waals surface area contributed by atoms with Crippen molar-refractivity contribution < 1.29 is 9.47 Å². The zero-order chi connectivity index (χ0) is 14.9. The first-order valence-corrected chi connectivity index (χ1v) is 8.21. The molecule has 2 bridgehead atoms. The van der Waals surface area contributed by atoms with Crippen molar-refractivity contribution in [2.45, 2.75) is 64.5 Å². The predicted octanol–water partition coefficient (Wildman–Crippen LogP) is 3.87. The molecule has 0 saturated heterocycles. The Hall–Kier alpha value is -0.870. The van der Waals surface area contributed by atoms with E-state index in [1.165, 1.54) is 25.7 Å². The zero-order valence-electron chi connectivity index (χ0n) is 13.5. The summed E-state index contributed by atoms with van der Waals surface area (Å²) in [5.74, 6) is 1.36. The summed E-state index contributed by atoms with van der Waals surface area (Å²) in [6, 6.07) is 2.04. The fraction of sp³-hybridized carbons (Fsp3) is 0.833. The van der Waals surface area contributed by atoms with Crippen LogP contribution in [0.3, 0.4) is 0 Å². The van der Waals surface area contributed by atoms with Gasteiger partial charge in [0.05, 0.1) is 24.4 Å². The Morgan fingerprint density at radius 2 is 1.82 bits per heavy atom. The minimum atomic E-state index is 0. The van der Waals surface area contributed by atoms with Crippen LogP contribution < -0.4 is 0 Å². The molecule has 2 atom stereocenters. The van der Waals surface area contributed by atoms with Gasteiger partial charge in [-0.2, -0.15) is 5.10 Å². The van der Waals surface area contributed by atoms with Crippen molar-refractivity contribution in [1.29, 1.82) is 0 Å². The summed E-state index contributed by atoms with van der Waals surface area (Å²) in [7, 11) is 1.74. The lowest BCUT2D eigenvalue weighted by molar-refractivity contribution is -0.161. The van der Waals surface area contributed by atoms with Crippen LogP contribution in [-0.4, -0.2) is 35.7 Å². The number of nitrogens with zero attached hydrogens (tertiary/aromatic N) is 2. The van der Waals surface area contributed by atoms with E-state index in [2.05, 4.69) is 29.8 Å². The van der Waals surface area contributed by atoms with E-state index in [1.807, 2.05) is 12.3 Å². The van der Waals surface area contributed by atoms with Crippen molar-refractivity contribution in [1.82, 2.24) is 9.78 Å². The van der Waals surface area contributed by atoms with Crippen molar-refractivity contribution in [3.05, 3.63) is 18.5 Å². The van der Waals surface area contributed by atoms with Gasteiger partial charge < -0.3 is 9.47 Å². The molecule has 2 saturated carbocycles. The molecule has 1 aromatic heterocycles. The Kier molecular flexibility index (Phi) is 5.33. The van der Waals surface area contributed by atoms with Crippen LogP contribution in [0.4, 0.5) is 0 Å². The molecule has 0 spiro atoms. The van der Waals surface area contributed by atoms with Gasteiger partial charge in [-0.3, -0.25) is 4.68 Å². The molecule has 0 amide bonds. The fourth-order valence-electron chi connectivity index (χ4n) is 5.09. The van der Waals surface area contributed by atoms with Crippen molar-refractivity contribution in [2.24, 2.45) is 11.8 Å². The van der Waals surface area contributed by atoms with Crippen LogP contribution in [0.1, 0.15) is 53.4 Å². The third-order valence-electron chi connectivity index (χ3n) is 5.24. The minimum Gasteiger partial charge on any atom is -0.382 e. The number of aromatic nitrogens is 2. The van der Waals surface area contributed by atoms with E-state index in [4.69, 9.17) is 9.47 Å². The summed E-state index contributed by atoms with van der Waals surface area (Å²) in [4.78, 5) is 0. The van der Waals surface area contributed by atoms with E-state index in [-0.39, 0.29) is 18.6 Å². The Morgan fingerprint density at radius 1 is 1.14 bits per heavy atom. The molecular weight excluding hydrogens is 276 g/mol. The van der Waals surface area contributed by atoms with Gasteiger partial charge in [0.2, 0.25) is 0 Å². The van der Waals surface area contributed by atoms with Gasteiger partial charge in [0.1, 0.15) is 0 Å². The summed E-state index contributed by atoms with van der Waals surface area (Å²) in [6.07, 6.45) is 9.91. The van der Waals surface area contributed by atoms with Crippen LogP contribution in [0.5, 0.6) is 0 Å². The first-order chi connectivity index (χ1) is 10.1. The van der Waals surface area contributed by atoms with Crippen molar-refractivity contribution in [2.75, 3.05) is 20.3 Å². The molecular formula is C18H32N2O2. The molecule has 4 nitrogen and oxygen atoms in total. The quantitative estimate of drug-likeness (QED) is 0.775. The van der Waals surface area contributed by atoms with Gasteiger partial charge in [-0.05, 0) is 43.6 Å². The minimum absolute atomic E-state index is 0. The van der Waals surface area contributed by atoms with Crippen LogP contribution >= 0.6 is 0 Å². The summed E-state index contributed by atoms with van der Waals surface area (Å²) in [5, 5.41) is 4.58. The Balaban J connectivity index is 0.00000176. The second kappa shape index (κ2) is 6.71. The maximum Gasteiger partial charge on any atom is 0.0712 e. The number of methoxy groups -OCH3 is 1. The molecule has 3 rings (SSSR count).